The highest BCUT2D eigenvalue weighted by Crippen LogP contribution is 2.40. The minimum atomic E-state index is 0.596. The highest BCUT2D eigenvalue weighted by molar-refractivity contribution is 6.14. The van der Waals surface area contributed by atoms with Crippen molar-refractivity contribution in [2.75, 3.05) is 0 Å². The van der Waals surface area contributed by atoms with E-state index in [1.54, 1.807) is 0 Å². The molecule has 0 radical (unpaired) electrons. The third-order valence-corrected chi connectivity index (χ3v) is 4.87. The monoisotopic (exact) mass is 222 g/mol. The zero-order valence-corrected chi connectivity index (χ0v) is 12.1. The molecule has 0 N–H and O–H groups in total. The molecule has 94 valence electrons. The molecule has 1 aliphatic rings. The molecule has 0 aromatic carbocycles. The van der Waals surface area contributed by atoms with Gasteiger partial charge in [0.2, 0.25) is 0 Å². The van der Waals surface area contributed by atoms with Crippen LogP contribution in [0, 0.1) is 5.41 Å². The van der Waals surface area contributed by atoms with E-state index in [0.29, 0.717) is 10.7 Å². The highest BCUT2D eigenvalue weighted by Gasteiger charge is 2.24. The average Bonchev–Trinajstić information content (AvgIpc) is 2.24. The summed E-state index contributed by atoms with van der Waals surface area (Å²) in [5, 5.41) is 0.596. The van der Waals surface area contributed by atoms with Crippen LogP contribution in [0.1, 0.15) is 85.0 Å². The van der Waals surface area contributed by atoms with E-state index in [1.807, 2.05) is 0 Å². The number of hydrogen-bond donors (Lipinski definition) is 0. The quantitative estimate of drug-likeness (QED) is 0.562. The lowest BCUT2D eigenvalue weighted by molar-refractivity contribution is 0.241. The molecule has 1 saturated carbocycles. The first-order chi connectivity index (χ1) is 7.47. The van der Waals surface area contributed by atoms with E-state index in [2.05, 4.69) is 28.6 Å². The van der Waals surface area contributed by atoms with E-state index in [1.165, 1.54) is 64.2 Å². The molecule has 0 aliphatic heterocycles. The fourth-order valence-electron chi connectivity index (χ4n) is 3.11. The van der Waals surface area contributed by atoms with Crippen LogP contribution in [0.4, 0.5) is 0 Å². The maximum absolute atomic E-state index is 2.51. The molecule has 0 heterocycles. The van der Waals surface area contributed by atoms with Gasteiger partial charge in [-0.25, -0.2) is 0 Å². The SMILES string of the molecule is BC1(C)CCCCCCC(C)(CC)CCC1. The van der Waals surface area contributed by atoms with Gasteiger partial charge in [-0.05, 0) is 18.3 Å². The van der Waals surface area contributed by atoms with Crippen molar-refractivity contribution in [3.63, 3.8) is 0 Å². The van der Waals surface area contributed by atoms with Crippen LogP contribution in [0.3, 0.4) is 0 Å². The molecule has 0 amide bonds. The van der Waals surface area contributed by atoms with Crippen LogP contribution in [0.5, 0.6) is 0 Å². The molecule has 0 aromatic rings. The van der Waals surface area contributed by atoms with Crippen molar-refractivity contribution in [1.82, 2.24) is 0 Å². The van der Waals surface area contributed by atoms with Gasteiger partial charge in [0, 0.05) is 0 Å². The predicted octanol–water partition coefficient (Wildman–Crippen LogP) is 4.74. The molecule has 0 bridgehead atoms. The topological polar surface area (TPSA) is 0 Å². The summed E-state index contributed by atoms with van der Waals surface area (Å²) in [4.78, 5) is 0. The van der Waals surface area contributed by atoms with Crippen molar-refractivity contribution in [2.45, 2.75) is 90.3 Å². The molecule has 0 saturated heterocycles. The molecule has 0 spiro atoms. The lowest BCUT2D eigenvalue weighted by atomic mass is 9.64. The van der Waals surface area contributed by atoms with E-state index < -0.39 is 0 Å². The van der Waals surface area contributed by atoms with Crippen molar-refractivity contribution in [1.29, 1.82) is 0 Å². The Balaban J connectivity index is 2.52. The summed E-state index contributed by atoms with van der Waals surface area (Å²) in [6, 6.07) is 0. The second-order valence-electron chi connectivity index (χ2n) is 7.10. The van der Waals surface area contributed by atoms with Crippen LogP contribution in [0.25, 0.3) is 0 Å². The average molecular weight is 222 g/mol. The van der Waals surface area contributed by atoms with Crippen molar-refractivity contribution in [3.05, 3.63) is 0 Å². The Morgan fingerprint density at radius 3 is 1.94 bits per heavy atom. The van der Waals surface area contributed by atoms with Crippen LogP contribution >= 0.6 is 0 Å². The Morgan fingerprint density at radius 2 is 1.31 bits per heavy atom. The van der Waals surface area contributed by atoms with Gasteiger partial charge in [0.1, 0.15) is 7.85 Å². The van der Waals surface area contributed by atoms with Gasteiger partial charge < -0.3 is 0 Å². The van der Waals surface area contributed by atoms with Crippen LogP contribution in [0.2, 0.25) is 5.31 Å². The Morgan fingerprint density at radius 1 is 0.812 bits per heavy atom. The van der Waals surface area contributed by atoms with Crippen molar-refractivity contribution < 1.29 is 0 Å². The van der Waals surface area contributed by atoms with E-state index in [-0.39, 0.29) is 0 Å². The van der Waals surface area contributed by atoms with Crippen LogP contribution < -0.4 is 0 Å². The standard InChI is InChI=1S/C15H31B/c1-4-14(2)10-7-5-6-8-12-15(3,16)13-9-11-14/h4-13,16H2,1-3H3. The van der Waals surface area contributed by atoms with Gasteiger partial charge in [-0.1, -0.05) is 77.5 Å². The van der Waals surface area contributed by atoms with E-state index in [0.717, 1.165) is 0 Å². The van der Waals surface area contributed by atoms with E-state index in [9.17, 15) is 0 Å². The summed E-state index contributed by atoms with van der Waals surface area (Å²) in [5.41, 5.74) is 0.639. The fourth-order valence-corrected chi connectivity index (χ4v) is 3.11. The Bertz CT molecular complexity index is 198. The summed E-state index contributed by atoms with van der Waals surface area (Å²) < 4.78 is 0. The van der Waals surface area contributed by atoms with E-state index in [4.69, 9.17) is 0 Å². The minimum absolute atomic E-state index is 0.596. The molecule has 1 heteroatoms. The summed E-state index contributed by atoms with van der Waals surface area (Å²) in [6.07, 6.45) is 14.4. The normalized spacial score (nSPS) is 38.9. The third kappa shape index (κ3) is 4.93. The maximum Gasteiger partial charge on any atom is 0.109 e. The van der Waals surface area contributed by atoms with Gasteiger partial charge >= 0.3 is 0 Å². The highest BCUT2D eigenvalue weighted by atomic mass is 14.3. The lowest BCUT2D eigenvalue weighted by Crippen LogP contribution is -2.16. The second kappa shape index (κ2) is 6.12. The number of hydrogen-bond acceptors (Lipinski definition) is 0. The summed E-state index contributed by atoms with van der Waals surface area (Å²) in [6.45, 7) is 7.36. The molecule has 1 fully saturated rings. The Kier molecular flexibility index (Phi) is 5.40. The largest absolute Gasteiger partial charge is 0.109 e. The fraction of sp³-hybridized carbons (Fsp3) is 1.00. The molecule has 0 nitrogen and oxygen atoms in total. The molecule has 2 unspecified atom stereocenters. The smallest absolute Gasteiger partial charge is 0.0669 e. The maximum atomic E-state index is 2.51. The molecular weight excluding hydrogens is 191 g/mol. The molecule has 1 aliphatic carbocycles. The lowest BCUT2D eigenvalue weighted by Gasteiger charge is -2.30. The van der Waals surface area contributed by atoms with Gasteiger partial charge in [0.25, 0.3) is 0 Å². The predicted molar refractivity (Wildman–Crippen MR) is 76.9 cm³/mol. The second-order valence-corrected chi connectivity index (χ2v) is 7.10. The first-order valence-electron chi connectivity index (χ1n) is 7.47. The summed E-state index contributed by atoms with van der Waals surface area (Å²) in [7, 11) is 2.47. The Hall–Kier alpha value is 0.0649. The van der Waals surface area contributed by atoms with Crippen LogP contribution in [0.15, 0.2) is 0 Å². The molecular formula is C15H31B. The summed E-state index contributed by atoms with van der Waals surface area (Å²) in [5.74, 6) is 0. The van der Waals surface area contributed by atoms with Crippen molar-refractivity contribution in [2.24, 2.45) is 5.41 Å². The summed E-state index contributed by atoms with van der Waals surface area (Å²) >= 11 is 0. The number of rotatable bonds is 1. The van der Waals surface area contributed by atoms with Crippen LogP contribution in [-0.2, 0) is 0 Å². The minimum Gasteiger partial charge on any atom is -0.0669 e. The molecule has 16 heavy (non-hydrogen) atoms. The van der Waals surface area contributed by atoms with E-state index >= 15 is 0 Å². The van der Waals surface area contributed by atoms with Gasteiger partial charge in [-0.2, -0.15) is 0 Å². The van der Waals surface area contributed by atoms with Gasteiger partial charge in [-0.15, -0.1) is 0 Å². The Labute approximate surface area is 104 Å². The zero-order chi connectivity index (χ0) is 12.1. The van der Waals surface area contributed by atoms with Crippen molar-refractivity contribution >= 4 is 7.85 Å². The zero-order valence-electron chi connectivity index (χ0n) is 12.1. The van der Waals surface area contributed by atoms with Crippen LogP contribution in [-0.4, -0.2) is 7.85 Å². The van der Waals surface area contributed by atoms with Gasteiger partial charge in [-0.3, -0.25) is 0 Å². The van der Waals surface area contributed by atoms with Gasteiger partial charge in [0.15, 0.2) is 0 Å². The first kappa shape index (κ1) is 14.1. The molecule has 0 aromatic heterocycles. The molecule has 1 rings (SSSR count). The third-order valence-electron chi connectivity index (χ3n) is 4.87. The molecule has 2 atom stereocenters. The van der Waals surface area contributed by atoms with Crippen molar-refractivity contribution in [3.8, 4) is 0 Å². The van der Waals surface area contributed by atoms with Gasteiger partial charge in [0.05, 0.1) is 0 Å². The first-order valence-corrected chi connectivity index (χ1v) is 7.47.